The van der Waals surface area contributed by atoms with Crippen molar-refractivity contribution in [3.63, 3.8) is 0 Å². The van der Waals surface area contributed by atoms with Gasteiger partial charge in [0.2, 0.25) is 5.89 Å². The fourth-order valence-corrected chi connectivity index (χ4v) is 2.40. The molecule has 0 radical (unpaired) electrons. The van der Waals surface area contributed by atoms with Crippen LogP contribution in [0, 0.1) is 5.82 Å². The Kier molecular flexibility index (Phi) is 4.27. The standard InChI is InChI=1S/C16H12ClFN2O3/c17-13-4-2-1-3-12(13)14(21)9-20-16(22)23-15(19-20)10-5-7-11(18)8-6-10/h1-8,14,21H,9H2. The third-order valence-corrected chi connectivity index (χ3v) is 3.65. The number of aliphatic hydroxyl groups is 1. The summed E-state index contributed by atoms with van der Waals surface area (Å²) >= 11 is 6.01. The fraction of sp³-hybridized carbons (Fsp3) is 0.125. The molecule has 1 atom stereocenters. The quantitative estimate of drug-likeness (QED) is 0.796. The number of aliphatic hydroxyl groups excluding tert-OH is 1. The van der Waals surface area contributed by atoms with Crippen molar-refractivity contribution in [3.8, 4) is 11.5 Å². The molecule has 0 spiro atoms. The zero-order chi connectivity index (χ0) is 16.4. The van der Waals surface area contributed by atoms with E-state index in [0.29, 0.717) is 16.1 Å². The van der Waals surface area contributed by atoms with Gasteiger partial charge in [-0.05, 0) is 30.3 Å². The Morgan fingerprint density at radius 1 is 1.22 bits per heavy atom. The van der Waals surface area contributed by atoms with Gasteiger partial charge in [0.15, 0.2) is 0 Å². The predicted octanol–water partition coefficient (Wildman–Crippen LogP) is 3.03. The van der Waals surface area contributed by atoms with Crippen LogP contribution in [-0.4, -0.2) is 14.9 Å². The average Bonchev–Trinajstić information content (AvgIpc) is 2.89. The van der Waals surface area contributed by atoms with Crippen molar-refractivity contribution < 1.29 is 13.9 Å². The minimum Gasteiger partial charge on any atom is -0.388 e. The van der Waals surface area contributed by atoms with E-state index in [1.165, 1.54) is 24.3 Å². The number of aromatic nitrogens is 2. The van der Waals surface area contributed by atoms with Crippen molar-refractivity contribution in [2.75, 3.05) is 0 Å². The Balaban J connectivity index is 1.86. The van der Waals surface area contributed by atoms with Crippen molar-refractivity contribution in [2.45, 2.75) is 12.6 Å². The Bertz CT molecular complexity index is 874. The monoisotopic (exact) mass is 334 g/mol. The van der Waals surface area contributed by atoms with Crippen LogP contribution in [-0.2, 0) is 6.54 Å². The molecular formula is C16H12ClFN2O3. The van der Waals surface area contributed by atoms with Crippen LogP contribution in [0.4, 0.5) is 4.39 Å². The maximum Gasteiger partial charge on any atom is 0.437 e. The molecule has 0 fully saturated rings. The lowest BCUT2D eigenvalue weighted by Gasteiger charge is -2.11. The van der Waals surface area contributed by atoms with Gasteiger partial charge in [0.05, 0.1) is 6.54 Å². The predicted molar refractivity (Wildman–Crippen MR) is 82.6 cm³/mol. The largest absolute Gasteiger partial charge is 0.437 e. The van der Waals surface area contributed by atoms with Crippen LogP contribution in [0.15, 0.2) is 57.7 Å². The lowest BCUT2D eigenvalue weighted by Crippen LogP contribution is -2.20. The molecule has 3 rings (SSSR count). The topological polar surface area (TPSA) is 68.3 Å². The van der Waals surface area contributed by atoms with Gasteiger partial charge in [-0.15, -0.1) is 5.10 Å². The molecular weight excluding hydrogens is 323 g/mol. The van der Waals surface area contributed by atoms with Gasteiger partial charge in [-0.1, -0.05) is 29.8 Å². The molecule has 1 aromatic heterocycles. The van der Waals surface area contributed by atoms with Gasteiger partial charge in [-0.25, -0.2) is 9.18 Å². The van der Waals surface area contributed by atoms with E-state index < -0.39 is 17.7 Å². The number of halogens is 2. The highest BCUT2D eigenvalue weighted by Crippen LogP contribution is 2.23. The first-order chi connectivity index (χ1) is 11.0. The van der Waals surface area contributed by atoms with Crippen molar-refractivity contribution in [1.82, 2.24) is 9.78 Å². The second-order valence-electron chi connectivity index (χ2n) is 4.90. The summed E-state index contributed by atoms with van der Waals surface area (Å²) in [6.07, 6.45) is -1.01. The van der Waals surface area contributed by atoms with Gasteiger partial charge >= 0.3 is 5.76 Å². The molecule has 0 aliphatic carbocycles. The van der Waals surface area contributed by atoms with E-state index in [4.69, 9.17) is 16.0 Å². The van der Waals surface area contributed by atoms with Crippen LogP contribution in [0.1, 0.15) is 11.7 Å². The van der Waals surface area contributed by atoms with E-state index in [1.54, 1.807) is 24.3 Å². The molecule has 0 saturated heterocycles. The van der Waals surface area contributed by atoms with E-state index in [-0.39, 0.29) is 12.4 Å². The lowest BCUT2D eigenvalue weighted by molar-refractivity contribution is 0.148. The Hall–Kier alpha value is -2.44. The van der Waals surface area contributed by atoms with E-state index in [1.807, 2.05) is 0 Å². The number of rotatable bonds is 4. The fourth-order valence-electron chi connectivity index (χ4n) is 2.14. The molecule has 1 N–H and O–H groups in total. The molecule has 1 heterocycles. The average molecular weight is 335 g/mol. The SMILES string of the molecule is O=c1oc(-c2ccc(F)cc2)nn1CC(O)c1ccccc1Cl. The van der Waals surface area contributed by atoms with Crippen molar-refractivity contribution >= 4 is 11.6 Å². The highest BCUT2D eigenvalue weighted by atomic mass is 35.5. The lowest BCUT2D eigenvalue weighted by atomic mass is 10.1. The van der Waals surface area contributed by atoms with Crippen LogP contribution < -0.4 is 5.76 Å². The van der Waals surface area contributed by atoms with Crippen molar-refractivity contribution in [1.29, 1.82) is 0 Å². The first-order valence-electron chi connectivity index (χ1n) is 6.81. The van der Waals surface area contributed by atoms with Crippen molar-refractivity contribution in [2.24, 2.45) is 0 Å². The molecule has 1 unspecified atom stereocenters. The third kappa shape index (κ3) is 3.33. The number of hydrogen-bond acceptors (Lipinski definition) is 4. The first-order valence-corrected chi connectivity index (χ1v) is 7.19. The summed E-state index contributed by atoms with van der Waals surface area (Å²) in [6, 6.07) is 12.2. The maximum atomic E-state index is 12.9. The summed E-state index contributed by atoms with van der Waals surface area (Å²) < 4.78 is 19.0. The number of nitrogens with zero attached hydrogens (tertiary/aromatic N) is 2. The molecule has 0 aliphatic heterocycles. The molecule has 0 saturated carbocycles. The van der Waals surface area contributed by atoms with Gasteiger partial charge in [-0.2, -0.15) is 4.68 Å². The van der Waals surface area contributed by atoms with E-state index in [2.05, 4.69) is 5.10 Å². The van der Waals surface area contributed by atoms with Gasteiger partial charge in [0.1, 0.15) is 11.9 Å². The highest BCUT2D eigenvalue weighted by Gasteiger charge is 2.16. The number of hydrogen-bond donors (Lipinski definition) is 1. The number of benzene rings is 2. The van der Waals surface area contributed by atoms with E-state index in [0.717, 1.165) is 4.68 Å². The maximum absolute atomic E-state index is 12.9. The zero-order valence-corrected chi connectivity index (χ0v) is 12.6. The smallest absolute Gasteiger partial charge is 0.388 e. The Labute approximate surface area is 135 Å². The molecule has 0 aliphatic rings. The van der Waals surface area contributed by atoms with Crippen LogP contribution in [0.25, 0.3) is 11.5 Å². The van der Waals surface area contributed by atoms with Crippen LogP contribution >= 0.6 is 11.6 Å². The van der Waals surface area contributed by atoms with Crippen LogP contribution in [0.5, 0.6) is 0 Å². The van der Waals surface area contributed by atoms with Gasteiger partial charge in [-0.3, -0.25) is 0 Å². The van der Waals surface area contributed by atoms with Crippen molar-refractivity contribution in [3.05, 3.63) is 75.5 Å². The van der Waals surface area contributed by atoms with Crippen LogP contribution in [0.3, 0.4) is 0 Å². The van der Waals surface area contributed by atoms with Gasteiger partial charge in [0, 0.05) is 16.1 Å². The Morgan fingerprint density at radius 2 is 1.91 bits per heavy atom. The normalized spacial score (nSPS) is 12.3. The minimum atomic E-state index is -1.01. The Morgan fingerprint density at radius 3 is 2.61 bits per heavy atom. The van der Waals surface area contributed by atoms with Crippen LogP contribution in [0.2, 0.25) is 5.02 Å². The second kappa shape index (κ2) is 6.36. The van der Waals surface area contributed by atoms with E-state index >= 15 is 0 Å². The van der Waals surface area contributed by atoms with Gasteiger partial charge < -0.3 is 9.52 Å². The molecule has 23 heavy (non-hydrogen) atoms. The summed E-state index contributed by atoms with van der Waals surface area (Å²) in [6.45, 7) is -0.104. The third-order valence-electron chi connectivity index (χ3n) is 3.31. The molecule has 7 heteroatoms. The first kappa shape index (κ1) is 15.5. The molecule has 3 aromatic rings. The highest BCUT2D eigenvalue weighted by molar-refractivity contribution is 6.31. The van der Waals surface area contributed by atoms with E-state index in [9.17, 15) is 14.3 Å². The molecule has 5 nitrogen and oxygen atoms in total. The van der Waals surface area contributed by atoms with Gasteiger partial charge in [0.25, 0.3) is 0 Å². The summed E-state index contributed by atoms with van der Waals surface area (Å²) in [5.74, 6) is -1.05. The summed E-state index contributed by atoms with van der Waals surface area (Å²) in [4.78, 5) is 11.8. The second-order valence-corrected chi connectivity index (χ2v) is 5.31. The summed E-state index contributed by atoms with van der Waals surface area (Å²) in [5.41, 5.74) is 0.960. The zero-order valence-electron chi connectivity index (χ0n) is 11.8. The molecule has 0 amide bonds. The molecule has 118 valence electrons. The molecule has 2 aromatic carbocycles. The molecule has 0 bridgehead atoms. The summed E-state index contributed by atoms with van der Waals surface area (Å²) in [7, 11) is 0. The summed E-state index contributed by atoms with van der Waals surface area (Å²) in [5, 5.41) is 14.6. The minimum absolute atomic E-state index is 0.0568.